The topological polar surface area (TPSA) is 88.2 Å². The molecule has 36 heavy (non-hydrogen) atoms. The maximum absolute atomic E-state index is 13.8. The van der Waals surface area contributed by atoms with E-state index in [1.807, 2.05) is 63.2 Å². The fraction of sp³-hybridized carbons (Fsp3) is 0.296. The Balaban J connectivity index is 1.90. The van der Waals surface area contributed by atoms with E-state index in [0.29, 0.717) is 11.4 Å². The summed E-state index contributed by atoms with van der Waals surface area (Å²) in [6.45, 7) is 3.67. The smallest absolute Gasteiger partial charge is 0.264 e. The van der Waals surface area contributed by atoms with E-state index in [4.69, 9.17) is 9.47 Å². The van der Waals surface area contributed by atoms with Gasteiger partial charge in [0.05, 0.1) is 24.8 Å². The number of benzene rings is 3. The molecule has 0 radical (unpaired) electrons. The number of aryl methyl sites for hydroxylation is 2. The van der Waals surface area contributed by atoms with E-state index in [0.717, 1.165) is 26.7 Å². The fourth-order valence-electron chi connectivity index (χ4n) is 3.81. The number of nitrogens with one attached hydrogen (secondary N) is 1. The average molecular weight is 512 g/mol. The van der Waals surface area contributed by atoms with E-state index in [1.54, 1.807) is 12.1 Å². The highest BCUT2D eigenvalue weighted by atomic mass is 32.2. The van der Waals surface area contributed by atoms with Gasteiger partial charge in [0.1, 0.15) is 6.54 Å². The summed E-state index contributed by atoms with van der Waals surface area (Å²) in [4.78, 5) is 15.0. The Hall–Kier alpha value is -3.72. The lowest BCUT2D eigenvalue weighted by atomic mass is 10.1. The van der Waals surface area contributed by atoms with Gasteiger partial charge in [0.15, 0.2) is 11.5 Å². The van der Waals surface area contributed by atoms with Gasteiger partial charge in [0.25, 0.3) is 10.0 Å². The molecule has 0 saturated heterocycles. The van der Waals surface area contributed by atoms with Crippen LogP contribution in [0, 0.1) is 13.8 Å². The lowest BCUT2D eigenvalue weighted by molar-refractivity contribution is -0.119. The summed E-state index contributed by atoms with van der Waals surface area (Å²) in [6, 6.07) is 17.6. The number of carbonyl (C=O) groups excluding carboxylic acids is 1. The maximum atomic E-state index is 13.8. The molecule has 1 N–H and O–H groups in total. The number of nitrogens with zero attached hydrogens (tertiary/aromatic N) is 2. The number of methoxy groups -OCH3 is 2. The van der Waals surface area contributed by atoms with E-state index < -0.39 is 15.9 Å². The molecule has 192 valence electrons. The number of amides is 1. The van der Waals surface area contributed by atoms with Gasteiger partial charge in [-0.3, -0.25) is 9.10 Å². The van der Waals surface area contributed by atoms with Crippen LogP contribution in [0.3, 0.4) is 0 Å². The Morgan fingerprint density at radius 1 is 0.833 bits per heavy atom. The number of ether oxygens (including phenoxy) is 2. The summed E-state index contributed by atoms with van der Waals surface area (Å²) >= 11 is 0. The number of hydrogen-bond donors (Lipinski definition) is 1. The third-order valence-corrected chi connectivity index (χ3v) is 7.44. The Labute approximate surface area is 213 Å². The average Bonchev–Trinajstić information content (AvgIpc) is 2.85. The molecule has 0 fully saturated rings. The minimum Gasteiger partial charge on any atom is -0.493 e. The summed E-state index contributed by atoms with van der Waals surface area (Å²) in [6.07, 6.45) is 0. The predicted molar refractivity (Wildman–Crippen MR) is 143 cm³/mol. The maximum Gasteiger partial charge on any atom is 0.264 e. The number of carbonyl (C=O) groups is 1. The van der Waals surface area contributed by atoms with E-state index in [2.05, 4.69) is 5.32 Å². The first kappa shape index (κ1) is 26.9. The second-order valence-electron chi connectivity index (χ2n) is 8.71. The summed E-state index contributed by atoms with van der Waals surface area (Å²) in [5.74, 6) is 0.270. The summed E-state index contributed by atoms with van der Waals surface area (Å²) < 4.78 is 39.2. The van der Waals surface area contributed by atoms with Crippen molar-refractivity contribution in [3.05, 3.63) is 77.4 Å². The molecule has 0 spiro atoms. The van der Waals surface area contributed by atoms with Crippen LogP contribution in [0.4, 0.5) is 11.4 Å². The van der Waals surface area contributed by atoms with Crippen molar-refractivity contribution in [2.45, 2.75) is 25.3 Å². The van der Waals surface area contributed by atoms with Crippen LogP contribution < -0.4 is 24.0 Å². The van der Waals surface area contributed by atoms with Crippen molar-refractivity contribution in [3.63, 3.8) is 0 Å². The molecule has 0 saturated carbocycles. The first-order valence-electron chi connectivity index (χ1n) is 11.4. The largest absolute Gasteiger partial charge is 0.493 e. The molecule has 3 aromatic carbocycles. The number of hydrogen-bond acceptors (Lipinski definition) is 6. The molecule has 0 aliphatic heterocycles. The van der Waals surface area contributed by atoms with Gasteiger partial charge in [-0.1, -0.05) is 18.2 Å². The van der Waals surface area contributed by atoms with Gasteiger partial charge in [-0.15, -0.1) is 0 Å². The molecule has 0 bridgehead atoms. The van der Waals surface area contributed by atoms with Crippen molar-refractivity contribution in [2.24, 2.45) is 0 Å². The highest BCUT2D eigenvalue weighted by Gasteiger charge is 2.28. The number of anilines is 2. The van der Waals surface area contributed by atoms with Crippen LogP contribution in [-0.4, -0.2) is 49.2 Å². The van der Waals surface area contributed by atoms with Crippen molar-refractivity contribution in [1.29, 1.82) is 0 Å². The molecule has 0 aliphatic rings. The molecule has 8 nitrogen and oxygen atoms in total. The minimum atomic E-state index is -4.11. The second-order valence-corrected chi connectivity index (χ2v) is 10.6. The molecule has 0 atom stereocenters. The van der Waals surface area contributed by atoms with Crippen molar-refractivity contribution < 1.29 is 22.7 Å². The zero-order chi connectivity index (χ0) is 26.5. The molecule has 0 aromatic heterocycles. The normalized spacial score (nSPS) is 11.1. The van der Waals surface area contributed by atoms with Crippen molar-refractivity contribution in [2.75, 3.05) is 44.1 Å². The zero-order valence-electron chi connectivity index (χ0n) is 21.5. The Bertz CT molecular complexity index is 1300. The molecule has 1 amide bonds. The molecule has 3 rings (SSSR count). The summed E-state index contributed by atoms with van der Waals surface area (Å²) in [5, 5.41) is 2.84. The minimum absolute atomic E-state index is 0.00798. The van der Waals surface area contributed by atoms with E-state index in [9.17, 15) is 13.2 Å². The highest BCUT2D eigenvalue weighted by molar-refractivity contribution is 7.92. The van der Waals surface area contributed by atoms with Gasteiger partial charge >= 0.3 is 0 Å². The zero-order valence-corrected chi connectivity index (χ0v) is 22.3. The van der Waals surface area contributed by atoms with Crippen molar-refractivity contribution >= 4 is 27.3 Å². The third-order valence-electron chi connectivity index (χ3n) is 5.67. The first-order valence-corrected chi connectivity index (χ1v) is 12.8. The fourth-order valence-corrected chi connectivity index (χ4v) is 5.23. The Morgan fingerprint density at radius 2 is 1.44 bits per heavy atom. The summed E-state index contributed by atoms with van der Waals surface area (Å²) in [5.41, 5.74) is 4.15. The Kier molecular flexibility index (Phi) is 8.47. The molecule has 0 unspecified atom stereocenters. The number of sulfonamides is 1. The van der Waals surface area contributed by atoms with Crippen LogP contribution >= 0.6 is 0 Å². The SMILES string of the molecule is COc1ccc(S(=O)(=O)N(CC(=O)NCc2ccc(N(C)C)cc2)c2cc(C)cc(C)c2)cc1OC. The quantitative estimate of drug-likeness (QED) is 0.444. The van der Waals surface area contributed by atoms with E-state index in [-0.39, 0.29) is 23.7 Å². The predicted octanol–water partition coefficient (Wildman–Crippen LogP) is 3.90. The number of rotatable bonds is 10. The Morgan fingerprint density at radius 3 is 2.00 bits per heavy atom. The molecule has 0 aliphatic carbocycles. The third kappa shape index (κ3) is 6.28. The molecular weight excluding hydrogens is 478 g/mol. The molecule has 9 heteroatoms. The monoisotopic (exact) mass is 511 g/mol. The highest BCUT2D eigenvalue weighted by Crippen LogP contribution is 2.32. The van der Waals surface area contributed by atoms with Crippen LogP contribution in [0.25, 0.3) is 0 Å². The van der Waals surface area contributed by atoms with Gasteiger partial charge in [-0.05, 0) is 66.9 Å². The van der Waals surface area contributed by atoms with Crippen molar-refractivity contribution in [1.82, 2.24) is 5.32 Å². The van der Waals surface area contributed by atoms with Crippen LogP contribution in [0.15, 0.2) is 65.6 Å². The van der Waals surface area contributed by atoms with Crippen LogP contribution in [0.1, 0.15) is 16.7 Å². The lowest BCUT2D eigenvalue weighted by Gasteiger charge is -2.25. The standard InChI is InChI=1S/C27H33N3O5S/c1-19-13-20(2)15-23(14-19)30(36(32,33)24-11-12-25(34-5)26(16-24)35-6)18-27(31)28-17-21-7-9-22(10-8-21)29(3)4/h7-16H,17-18H2,1-6H3,(H,28,31). The summed E-state index contributed by atoms with van der Waals surface area (Å²) in [7, 11) is 2.72. The second kappa shape index (κ2) is 11.3. The molecular formula is C27H33N3O5S. The first-order chi connectivity index (χ1) is 17.0. The van der Waals surface area contributed by atoms with Gasteiger partial charge in [-0.25, -0.2) is 8.42 Å². The van der Waals surface area contributed by atoms with Crippen LogP contribution in [0.5, 0.6) is 11.5 Å². The molecule has 0 heterocycles. The van der Waals surface area contributed by atoms with Gasteiger partial charge in [0.2, 0.25) is 5.91 Å². The van der Waals surface area contributed by atoms with E-state index in [1.165, 1.54) is 32.4 Å². The van der Waals surface area contributed by atoms with E-state index >= 15 is 0 Å². The molecule has 3 aromatic rings. The lowest BCUT2D eigenvalue weighted by Crippen LogP contribution is -2.40. The van der Waals surface area contributed by atoms with Gasteiger partial charge in [-0.2, -0.15) is 0 Å². The van der Waals surface area contributed by atoms with Crippen molar-refractivity contribution in [3.8, 4) is 11.5 Å². The van der Waals surface area contributed by atoms with Gasteiger partial charge in [0, 0.05) is 32.4 Å². The van der Waals surface area contributed by atoms with Gasteiger partial charge < -0.3 is 19.7 Å². The van der Waals surface area contributed by atoms with Crippen LogP contribution in [0.2, 0.25) is 0 Å². The van der Waals surface area contributed by atoms with Crippen LogP contribution in [-0.2, 0) is 21.4 Å².